The Labute approximate surface area is 415 Å². The molecule has 2 fully saturated rings. The number of carbonyl (C=O) groups is 4. The Kier molecular flexibility index (Phi) is 25.8. The average Bonchev–Trinajstić information content (AvgIpc) is 3.27. The highest BCUT2D eigenvalue weighted by molar-refractivity contribution is 6.88. The van der Waals surface area contributed by atoms with Crippen LogP contribution in [0.1, 0.15) is 167 Å². The van der Waals surface area contributed by atoms with Crippen molar-refractivity contribution >= 4 is 49.1 Å². The number of esters is 4. The lowest BCUT2D eigenvalue weighted by Crippen LogP contribution is -2.53. The van der Waals surface area contributed by atoms with E-state index in [1.807, 2.05) is 58.1 Å². The van der Waals surface area contributed by atoms with Gasteiger partial charge in [-0.2, -0.15) is 0 Å². The molecule has 0 bridgehead atoms. The molecule has 0 aliphatic heterocycles. The van der Waals surface area contributed by atoms with E-state index in [2.05, 4.69) is 39.7 Å². The first-order valence-corrected chi connectivity index (χ1v) is 35.5. The number of unbranched alkanes of at least 4 members (excludes halogenated alkanes) is 7. The van der Waals surface area contributed by atoms with Gasteiger partial charge >= 0.3 is 32.4 Å². The molecule has 0 amide bonds. The van der Waals surface area contributed by atoms with Crippen molar-refractivity contribution in [3.63, 3.8) is 0 Å². The lowest BCUT2D eigenvalue weighted by molar-refractivity contribution is -0.153. The predicted molar refractivity (Wildman–Crippen MR) is 280 cm³/mol. The summed E-state index contributed by atoms with van der Waals surface area (Å²) in [7, 11) is -7.16. The summed E-state index contributed by atoms with van der Waals surface area (Å²) in [5, 5.41) is 0. The fourth-order valence-corrected chi connectivity index (χ4v) is 24.5. The van der Waals surface area contributed by atoms with Crippen LogP contribution in [0.3, 0.4) is 0 Å². The number of hydrogen-bond donors (Lipinski definition) is 0. The second kappa shape index (κ2) is 29.5. The topological polar surface area (TPSA) is 133 Å². The van der Waals surface area contributed by atoms with E-state index in [1.54, 1.807) is 6.92 Å². The Bertz CT molecular complexity index is 1680. The highest BCUT2D eigenvalue weighted by atomic mass is 28.5. The molecule has 0 aromatic heterocycles. The van der Waals surface area contributed by atoms with Gasteiger partial charge in [0, 0.05) is 17.4 Å². The Morgan fingerprint density at radius 3 is 1.87 bits per heavy atom. The number of hydrogen-bond acceptors (Lipinski definition) is 11. The van der Waals surface area contributed by atoms with Crippen molar-refractivity contribution in [2.45, 2.75) is 214 Å². The SMILES string of the molecule is C=C(C)C(=O)OCC(C)(C)COC(=O)C(C)C[Si](C)(C)O[Si](C)(C)O[Si](C)(C)CCC(=O)OCCCCCCCCOc1ccc(C(=O)OC2CCC(C3CCC(CCCCC)CC3)CC2)cc1. The molecule has 68 heavy (non-hydrogen) atoms. The van der Waals surface area contributed by atoms with Gasteiger partial charge in [-0.1, -0.05) is 98.5 Å². The van der Waals surface area contributed by atoms with E-state index < -0.39 is 36.6 Å². The third-order valence-electron chi connectivity index (χ3n) is 13.7. The maximum absolute atomic E-state index is 12.9. The van der Waals surface area contributed by atoms with Crippen LogP contribution in [0.25, 0.3) is 0 Å². The standard InChI is InChI=1S/C54H94O11Si3/c1-13-14-19-22-44-23-25-45(26-24-44)46-27-33-49(34-28-46)63-53(58)47-29-31-48(32-30-47)59-36-20-17-15-16-18-21-37-60-50(55)35-38-66(7,8)64-68(11,12)65-67(9,10)39-43(4)52(57)62-41-54(5,6)40-61-51(56)42(2)3/h29-32,43-46,49H,2,13-28,33-41H2,1,3-12H3. The highest BCUT2D eigenvalue weighted by Gasteiger charge is 2.41. The first-order valence-electron chi connectivity index (χ1n) is 26.5. The van der Waals surface area contributed by atoms with Crippen LogP contribution in [0.5, 0.6) is 5.75 Å². The smallest absolute Gasteiger partial charge is 0.338 e. The van der Waals surface area contributed by atoms with Gasteiger partial charge in [0.25, 0.3) is 0 Å². The molecule has 1 unspecified atom stereocenters. The first-order chi connectivity index (χ1) is 32.0. The molecular formula is C54H94O11Si3. The summed E-state index contributed by atoms with van der Waals surface area (Å²) in [6.45, 7) is 26.9. The summed E-state index contributed by atoms with van der Waals surface area (Å²) in [6.07, 6.45) is 21.9. The van der Waals surface area contributed by atoms with Crippen LogP contribution in [-0.2, 0) is 41.6 Å². The molecule has 388 valence electrons. The molecule has 1 atom stereocenters. The van der Waals surface area contributed by atoms with Gasteiger partial charge in [-0.3, -0.25) is 9.59 Å². The first kappa shape index (κ1) is 59.5. The van der Waals surface area contributed by atoms with E-state index in [4.69, 9.17) is 31.9 Å². The molecule has 0 N–H and O–H groups in total. The summed E-state index contributed by atoms with van der Waals surface area (Å²) in [6, 6.07) is 8.61. The molecule has 0 radical (unpaired) electrons. The molecule has 2 aliphatic carbocycles. The van der Waals surface area contributed by atoms with E-state index in [0.717, 1.165) is 74.9 Å². The Balaban J connectivity index is 1.20. The van der Waals surface area contributed by atoms with Gasteiger partial charge in [-0.05, 0) is 152 Å². The van der Waals surface area contributed by atoms with E-state index in [1.165, 1.54) is 64.2 Å². The fraction of sp³-hybridized carbons (Fsp3) is 0.778. The third-order valence-corrected chi connectivity index (χ3v) is 25.1. The lowest BCUT2D eigenvalue weighted by atomic mass is 9.70. The zero-order chi connectivity index (χ0) is 50.4. The van der Waals surface area contributed by atoms with Gasteiger partial charge < -0.3 is 31.9 Å². The molecule has 14 heteroatoms. The predicted octanol–water partition coefficient (Wildman–Crippen LogP) is 13.9. The van der Waals surface area contributed by atoms with E-state index >= 15 is 0 Å². The lowest BCUT2D eigenvalue weighted by Gasteiger charge is -2.39. The van der Waals surface area contributed by atoms with Crippen LogP contribution in [-0.4, -0.2) is 81.6 Å². The monoisotopic (exact) mass is 1000 g/mol. The van der Waals surface area contributed by atoms with E-state index in [-0.39, 0.29) is 43.1 Å². The molecule has 1 aromatic rings. The second-order valence-electron chi connectivity index (χ2n) is 22.8. The van der Waals surface area contributed by atoms with Crippen molar-refractivity contribution in [1.82, 2.24) is 0 Å². The fourth-order valence-electron chi connectivity index (χ4n) is 10.1. The molecule has 2 saturated carbocycles. The zero-order valence-corrected chi connectivity index (χ0v) is 47.6. The Hall–Kier alpha value is -2.79. The van der Waals surface area contributed by atoms with Crippen LogP contribution in [0, 0.1) is 29.1 Å². The molecule has 0 heterocycles. The summed E-state index contributed by atoms with van der Waals surface area (Å²) >= 11 is 0. The van der Waals surface area contributed by atoms with Crippen molar-refractivity contribution in [2.75, 3.05) is 26.4 Å². The molecule has 0 saturated heterocycles. The molecule has 3 rings (SSSR count). The molecular weight excluding hydrogens is 909 g/mol. The van der Waals surface area contributed by atoms with Crippen LogP contribution in [0.15, 0.2) is 36.4 Å². The van der Waals surface area contributed by atoms with Gasteiger partial charge in [0.2, 0.25) is 0 Å². The van der Waals surface area contributed by atoms with Crippen molar-refractivity contribution in [3.05, 3.63) is 42.0 Å². The van der Waals surface area contributed by atoms with E-state index in [0.29, 0.717) is 42.9 Å². The van der Waals surface area contributed by atoms with Crippen LogP contribution < -0.4 is 4.74 Å². The summed E-state index contributed by atoms with van der Waals surface area (Å²) < 4.78 is 41.8. The van der Waals surface area contributed by atoms with Crippen LogP contribution in [0.2, 0.25) is 51.4 Å². The molecule has 2 aliphatic rings. The van der Waals surface area contributed by atoms with Gasteiger partial charge in [-0.15, -0.1) is 0 Å². The minimum absolute atomic E-state index is 0.0344. The summed E-state index contributed by atoms with van der Waals surface area (Å²) in [4.78, 5) is 50.3. The zero-order valence-electron chi connectivity index (χ0n) is 44.6. The maximum atomic E-state index is 12.9. The second-order valence-corrected chi connectivity index (χ2v) is 35.2. The molecule has 1 aromatic carbocycles. The maximum Gasteiger partial charge on any atom is 0.338 e. The summed E-state index contributed by atoms with van der Waals surface area (Å²) in [5.41, 5.74) is 0.384. The molecule has 0 spiro atoms. The number of ether oxygens (including phenoxy) is 5. The Morgan fingerprint density at radius 1 is 0.706 bits per heavy atom. The van der Waals surface area contributed by atoms with Gasteiger partial charge in [0.05, 0.1) is 37.9 Å². The van der Waals surface area contributed by atoms with Crippen molar-refractivity contribution in [1.29, 1.82) is 0 Å². The number of carbonyl (C=O) groups excluding carboxylic acids is 4. The number of rotatable bonds is 32. The van der Waals surface area contributed by atoms with Gasteiger partial charge in [-0.25, -0.2) is 9.59 Å². The van der Waals surface area contributed by atoms with Crippen molar-refractivity contribution < 1.29 is 51.1 Å². The van der Waals surface area contributed by atoms with Gasteiger partial charge in [0.15, 0.2) is 16.6 Å². The molecule has 11 nitrogen and oxygen atoms in total. The minimum atomic E-state index is -2.58. The number of benzene rings is 1. The van der Waals surface area contributed by atoms with Gasteiger partial charge in [0.1, 0.15) is 11.9 Å². The van der Waals surface area contributed by atoms with Crippen LogP contribution in [0.4, 0.5) is 0 Å². The van der Waals surface area contributed by atoms with Crippen molar-refractivity contribution in [2.24, 2.45) is 29.1 Å². The summed E-state index contributed by atoms with van der Waals surface area (Å²) in [5.74, 6) is 1.88. The average molecular weight is 1000 g/mol. The van der Waals surface area contributed by atoms with Crippen molar-refractivity contribution in [3.8, 4) is 5.75 Å². The Morgan fingerprint density at radius 2 is 1.26 bits per heavy atom. The third kappa shape index (κ3) is 24.4. The van der Waals surface area contributed by atoms with E-state index in [9.17, 15) is 19.2 Å². The largest absolute Gasteiger partial charge is 0.494 e. The minimum Gasteiger partial charge on any atom is -0.494 e. The quantitative estimate of drug-likeness (QED) is 0.0225. The van der Waals surface area contributed by atoms with Crippen LogP contribution >= 0.6 is 0 Å². The normalized spacial score (nSPS) is 19.7. The highest BCUT2D eigenvalue weighted by Crippen LogP contribution is 2.42.